The average Bonchev–Trinajstić information content (AvgIpc) is 2.42. The van der Waals surface area contributed by atoms with Crippen LogP contribution < -0.4 is 5.73 Å². The predicted octanol–water partition coefficient (Wildman–Crippen LogP) is 4.31. The van der Waals surface area contributed by atoms with Crippen molar-refractivity contribution in [1.82, 2.24) is 0 Å². The first kappa shape index (κ1) is 14.9. The molecule has 0 radical (unpaired) electrons. The van der Waals surface area contributed by atoms with E-state index in [9.17, 15) is 0 Å². The summed E-state index contributed by atoms with van der Waals surface area (Å²) in [4.78, 5) is 2.11. The van der Waals surface area contributed by atoms with Crippen LogP contribution in [-0.2, 0) is 0 Å². The second-order valence-corrected chi connectivity index (χ2v) is 6.50. The van der Waals surface area contributed by atoms with Crippen LogP contribution in [0.15, 0.2) is 55.8 Å². The van der Waals surface area contributed by atoms with E-state index in [1.807, 2.05) is 18.2 Å². The molecule has 0 saturated carbocycles. The summed E-state index contributed by atoms with van der Waals surface area (Å²) in [6.07, 6.45) is 0. The lowest BCUT2D eigenvalue weighted by atomic mass is 10.2. The van der Waals surface area contributed by atoms with Gasteiger partial charge in [0.15, 0.2) is 5.84 Å². The molecule has 0 heterocycles. The van der Waals surface area contributed by atoms with E-state index in [1.54, 1.807) is 11.8 Å². The van der Waals surface area contributed by atoms with E-state index in [-0.39, 0.29) is 5.84 Å². The van der Waals surface area contributed by atoms with Gasteiger partial charge in [0.05, 0.1) is 0 Å². The molecule has 0 aliphatic rings. The zero-order chi connectivity index (χ0) is 14.7. The van der Waals surface area contributed by atoms with Gasteiger partial charge in [-0.2, -0.15) is 0 Å². The normalized spacial score (nSPS) is 11.7. The maximum atomic E-state index is 8.89. The molecule has 0 atom stereocenters. The van der Waals surface area contributed by atoms with Crippen LogP contribution in [0, 0.1) is 13.8 Å². The van der Waals surface area contributed by atoms with Crippen molar-refractivity contribution in [3.63, 3.8) is 0 Å². The Balaban J connectivity index is 2.47. The third-order valence-corrected chi connectivity index (χ3v) is 4.60. The summed E-state index contributed by atoms with van der Waals surface area (Å²) in [5.74, 6) is 0.116. The van der Waals surface area contributed by atoms with Crippen LogP contribution in [0.25, 0.3) is 0 Å². The first-order valence-corrected chi connectivity index (χ1v) is 7.65. The van der Waals surface area contributed by atoms with Crippen LogP contribution >= 0.6 is 27.7 Å². The van der Waals surface area contributed by atoms with Gasteiger partial charge in [0, 0.05) is 19.8 Å². The van der Waals surface area contributed by atoms with Crippen LogP contribution in [-0.4, -0.2) is 11.0 Å². The zero-order valence-corrected chi connectivity index (χ0v) is 13.6. The van der Waals surface area contributed by atoms with Crippen LogP contribution in [0.1, 0.15) is 16.7 Å². The number of nitrogens with zero attached hydrogens (tertiary/aromatic N) is 1. The maximum Gasteiger partial charge on any atom is 0.171 e. The Hall–Kier alpha value is -1.46. The molecule has 2 rings (SSSR count). The molecule has 0 amide bonds. The van der Waals surface area contributed by atoms with Gasteiger partial charge in [-0.1, -0.05) is 45.0 Å². The molecule has 0 unspecified atom stereocenters. The second kappa shape index (κ2) is 6.33. The van der Waals surface area contributed by atoms with Gasteiger partial charge >= 0.3 is 0 Å². The molecular formula is C15H15BrN2OS. The molecular weight excluding hydrogens is 336 g/mol. The number of hydrogen-bond acceptors (Lipinski definition) is 3. The van der Waals surface area contributed by atoms with E-state index in [0.29, 0.717) is 0 Å². The lowest BCUT2D eigenvalue weighted by molar-refractivity contribution is 0.318. The molecule has 0 bridgehead atoms. The van der Waals surface area contributed by atoms with Gasteiger partial charge in [-0.15, -0.1) is 0 Å². The first-order valence-electron chi connectivity index (χ1n) is 6.04. The van der Waals surface area contributed by atoms with Crippen LogP contribution in [0.2, 0.25) is 0 Å². The molecule has 2 aromatic rings. The molecule has 3 nitrogen and oxygen atoms in total. The van der Waals surface area contributed by atoms with Crippen LogP contribution in [0.4, 0.5) is 0 Å². The van der Waals surface area contributed by atoms with Crippen molar-refractivity contribution < 1.29 is 5.21 Å². The van der Waals surface area contributed by atoms with E-state index < -0.39 is 0 Å². The van der Waals surface area contributed by atoms with Gasteiger partial charge in [-0.25, -0.2) is 0 Å². The molecule has 2 aromatic carbocycles. The summed E-state index contributed by atoms with van der Waals surface area (Å²) in [6.45, 7) is 4.14. The molecule has 0 fully saturated rings. The van der Waals surface area contributed by atoms with Crippen LogP contribution in [0.5, 0.6) is 0 Å². The van der Waals surface area contributed by atoms with Gasteiger partial charge in [0.1, 0.15) is 0 Å². The van der Waals surface area contributed by atoms with Crippen molar-refractivity contribution in [1.29, 1.82) is 0 Å². The van der Waals surface area contributed by atoms with E-state index >= 15 is 0 Å². The maximum absolute atomic E-state index is 8.89. The lowest BCUT2D eigenvalue weighted by Crippen LogP contribution is -2.14. The highest BCUT2D eigenvalue weighted by atomic mass is 79.9. The van der Waals surface area contributed by atoms with Gasteiger partial charge in [0.2, 0.25) is 0 Å². The van der Waals surface area contributed by atoms with Gasteiger partial charge in [0.25, 0.3) is 0 Å². The Labute approximate surface area is 131 Å². The number of benzene rings is 2. The standard InChI is InChI=1S/C15H15BrN2OS/c1-9-3-4-10(2)13(7-9)20-14-8-11(16)5-6-12(14)15(17)18-19/h3-8,19H,1-2H3,(H2,17,18). The zero-order valence-electron chi connectivity index (χ0n) is 11.2. The van der Waals surface area contributed by atoms with Crippen molar-refractivity contribution in [2.45, 2.75) is 23.6 Å². The molecule has 0 aromatic heterocycles. The summed E-state index contributed by atoms with van der Waals surface area (Å²) in [5.41, 5.74) is 8.87. The Kier molecular flexibility index (Phi) is 4.73. The van der Waals surface area contributed by atoms with Gasteiger partial charge in [-0.3, -0.25) is 0 Å². The summed E-state index contributed by atoms with van der Waals surface area (Å²) in [7, 11) is 0. The monoisotopic (exact) mass is 350 g/mol. The number of amidine groups is 1. The third kappa shape index (κ3) is 3.35. The average molecular weight is 351 g/mol. The Morgan fingerprint density at radius 2 is 1.90 bits per heavy atom. The minimum atomic E-state index is 0.116. The number of rotatable bonds is 3. The van der Waals surface area contributed by atoms with E-state index in [1.165, 1.54) is 11.1 Å². The Morgan fingerprint density at radius 1 is 1.15 bits per heavy atom. The minimum Gasteiger partial charge on any atom is -0.409 e. The smallest absolute Gasteiger partial charge is 0.171 e. The Morgan fingerprint density at radius 3 is 2.60 bits per heavy atom. The summed E-state index contributed by atoms with van der Waals surface area (Å²) >= 11 is 5.07. The van der Waals surface area contributed by atoms with Crippen molar-refractivity contribution in [3.05, 3.63) is 57.6 Å². The van der Waals surface area contributed by atoms with E-state index in [0.717, 1.165) is 19.8 Å². The summed E-state index contributed by atoms with van der Waals surface area (Å²) < 4.78 is 0.958. The van der Waals surface area contributed by atoms with Crippen molar-refractivity contribution in [2.24, 2.45) is 10.9 Å². The SMILES string of the molecule is Cc1ccc(C)c(Sc2cc(Br)ccc2/C(N)=N/O)c1. The van der Waals surface area contributed by atoms with E-state index in [2.05, 4.69) is 53.1 Å². The first-order chi connectivity index (χ1) is 9.51. The van der Waals surface area contributed by atoms with E-state index in [4.69, 9.17) is 10.9 Å². The highest BCUT2D eigenvalue weighted by Gasteiger charge is 2.11. The highest BCUT2D eigenvalue weighted by Crippen LogP contribution is 2.34. The summed E-state index contributed by atoms with van der Waals surface area (Å²) in [5, 5.41) is 12.0. The van der Waals surface area contributed by atoms with Gasteiger partial charge in [-0.05, 0) is 49.2 Å². The quantitative estimate of drug-likeness (QED) is 0.375. The molecule has 0 aliphatic heterocycles. The fraction of sp³-hybridized carbons (Fsp3) is 0.133. The number of hydrogen-bond donors (Lipinski definition) is 2. The minimum absolute atomic E-state index is 0.116. The molecule has 0 spiro atoms. The molecule has 0 aliphatic carbocycles. The van der Waals surface area contributed by atoms with Gasteiger partial charge < -0.3 is 10.9 Å². The lowest BCUT2D eigenvalue weighted by Gasteiger charge is -2.11. The highest BCUT2D eigenvalue weighted by molar-refractivity contribution is 9.10. The number of halogens is 1. The van der Waals surface area contributed by atoms with Crippen LogP contribution in [0.3, 0.4) is 0 Å². The number of oxime groups is 1. The molecule has 5 heteroatoms. The van der Waals surface area contributed by atoms with Crippen molar-refractivity contribution in [2.75, 3.05) is 0 Å². The molecule has 3 N–H and O–H groups in total. The summed E-state index contributed by atoms with van der Waals surface area (Å²) in [6, 6.07) is 12.0. The Bertz CT molecular complexity index is 671. The third-order valence-electron chi connectivity index (χ3n) is 2.89. The second-order valence-electron chi connectivity index (χ2n) is 4.50. The number of aryl methyl sites for hydroxylation is 2. The van der Waals surface area contributed by atoms with Crippen molar-refractivity contribution >= 4 is 33.5 Å². The molecule has 20 heavy (non-hydrogen) atoms. The van der Waals surface area contributed by atoms with Crippen molar-refractivity contribution in [3.8, 4) is 0 Å². The fourth-order valence-electron chi connectivity index (χ4n) is 1.78. The fourth-order valence-corrected chi connectivity index (χ4v) is 3.47. The molecule has 0 saturated heterocycles. The predicted molar refractivity (Wildman–Crippen MR) is 86.7 cm³/mol. The largest absolute Gasteiger partial charge is 0.409 e. The topological polar surface area (TPSA) is 58.6 Å². The number of nitrogens with two attached hydrogens (primary N) is 1. The molecule has 104 valence electrons.